The molecule has 1 N–H and O–H groups in total. The zero-order valence-corrected chi connectivity index (χ0v) is 13.1. The molecule has 108 valence electrons. The third kappa shape index (κ3) is 6.17. The lowest BCUT2D eigenvalue weighted by atomic mass is 9.83. The van der Waals surface area contributed by atoms with Gasteiger partial charge < -0.3 is 14.8 Å². The average molecular weight is 257 g/mol. The molecule has 3 heteroatoms. The van der Waals surface area contributed by atoms with Crippen LogP contribution in [-0.4, -0.2) is 37.5 Å². The maximum absolute atomic E-state index is 5.86. The van der Waals surface area contributed by atoms with E-state index in [9.17, 15) is 0 Å². The quantitative estimate of drug-likeness (QED) is 0.821. The number of ether oxygens (including phenoxy) is 2. The SMILES string of the molecule is CC(C)(C)NCC1(CCOC(C)(C)C)CCOC1. The van der Waals surface area contributed by atoms with Gasteiger partial charge in [-0.1, -0.05) is 0 Å². The van der Waals surface area contributed by atoms with Crippen molar-refractivity contribution in [2.45, 2.75) is 65.5 Å². The summed E-state index contributed by atoms with van der Waals surface area (Å²) >= 11 is 0. The fourth-order valence-electron chi connectivity index (χ4n) is 2.10. The van der Waals surface area contributed by atoms with Gasteiger partial charge in [-0.25, -0.2) is 0 Å². The summed E-state index contributed by atoms with van der Waals surface area (Å²) in [5, 5.41) is 3.62. The van der Waals surface area contributed by atoms with E-state index in [1.165, 1.54) is 0 Å². The van der Waals surface area contributed by atoms with Gasteiger partial charge in [-0.05, 0) is 54.4 Å². The Balaban J connectivity index is 2.43. The number of hydrogen-bond donors (Lipinski definition) is 1. The van der Waals surface area contributed by atoms with E-state index in [0.717, 1.165) is 39.2 Å². The Kier molecular flexibility index (Phi) is 5.22. The van der Waals surface area contributed by atoms with E-state index in [2.05, 4.69) is 46.9 Å². The van der Waals surface area contributed by atoms with Crippen LogP contribution in [0.2, 0.25) is 0 Å². The Hall–Kier alpha value is -0.120. The fraction of sp³-hybridized carbons (Fsp3) is 1.00. The van der Waals surface area contributed by atoms with Crippen molar-refractivity contribution in [1.82, 2.24) is 5.32 Å². The van der Waals surface area contributed by atoms with Crippen molar-refractivity contribution in [1.29, 1.82) is 0 Å². The lowest BCUT2D eigenvalue weighted by Crippen LogP contribution is -2.45. The molecule has 0 spiro atoms. The average Bonchev–Trinajstić information content (AvgIpc) is 2.61. The molecule has 1 saturated heterocycles. The highest BCUT2D eigenvalue weighted by atomic mass is 16.5. The molecule has 0 aliphatic carbocycles. The van der Waals surface area contributed by atoms with Gasteiger partial charge in [-0.2, -0.15) is 0 Å². The summed E-state index contributed by atoms with van der Waals surface area (Å²) in [4.78, 5) is 0. The molecular weight excluding hydrogens is 226 g/mol. The van der Waals surface area contributed by atoms with E-state index >= 15 is 0 Å². The van der Waals surface area contributed by atoms with Crippen molar-refractivity contribution in [2.75, 3.05) is 26.4 Å². The smallest absolute Gasteiger partial charge is 0.0598 e. The lowest BCUT2D eigenvalue weighted by molar-refractivity contribution is -0.0206. The van der Waals surface area contributed by atoms with Crippen LogP contribution in [0, 0.1) is 5.41 Å². The van der Waals surface area contributed by atoms with Crippen molar-refractivity contribution >= 4 is 0 Å². The van der Waals surface area contributed by atoms with Crippen molar-refractivity contribution in [3.05, 3.63) is 0 Å². The molecule has 0 amide bonds. The predicted octanol–water partition coefficient (Wildman–Crippen LogP) is 2.99. The summed E-state index contributed by atoms with van der Waals surface area (Å²) in [5.41, 5.74) is 0.386. The van der Waals surface area contributed by atoms with Crippen molar-refractivity contribution < 1.29 is 9.47 Å². The summed E-state index contributed by atoms with van der Waals surface area (Å²) in [6.45, 7) is 16.6. The zero-order valence-electron chi connectivity index (χ0n) is 13.1. The Labute approximate surface area is 113 Å². The van der Waals surface area contributed by atoms with E-state index in [1.807, 2.05) is 0 Å². The highest BCUT2D eigenvalue weighted by Crippen LogP contribution is 2.32. The first-order valence-corrected chi connectivity index (χ1v) is 7.09. The van der Waals surface area contributed by atoms with Crippen LogP contribution in [-0.2, 0) is 9.47 Å². The van der Waals surface area contributed by atoms with E-state index in [1.54, 1.807) is 0 Å². The van der Waals surface area contributed by atoms with Gasteiger partial charge in [0.25, 0.3) is 0 Å². The van der Waals surface area contributed by atoms with Crippen LogP contribution < -0.4 is 5.32 Å². The first-order valence-electron chi connectivity index (χ1n) is 7.09. The zero-order chi connectivity index (χ0) is 13.9. The normalized spacial score (nSPS) is 25.7. The topological polar surface area (TPSA) is 30.5 Å². The summed E-state index contributed by atoms with van der Waals surface area (Å²) in [6.07, 6.45) is 2.22. The van der Waals surface area contributed by atoms with Crippen LogP contribution in [0.15, 0.2) is 0 Å². The van der Waals surface area contributed by atoms with Crippen molar-refractivity contribution in [2.24, 2.45) is 5.41 Å². The van der Waals surface area contributed by atoms with Crippen LogP contribution >= 0.6 is 0 Å². The summed E-state index contributed by atoms with van der Waals surface area (Å²) in [6, 6.07) is 0. The second kappa shape index (κ2) is 5.89. The number of nitrogens with one attached hydrogen (secondary N) is 1. The molecule has 1 aliphatic rings. The molecule has 0 aromatic carbocycles. The second-order valence-electron chi connectivity index (χ2n) is 7.62. The Bertz CT molecular complexity index is 244. The monoisotopic (exact) mass is 257 g/mol. The van der Waals surface area contributed by atoms with Crippen LogP contribution in [0.3, 0.4) is 0 Å². The minimum Gasteiger partial charge on any atom is -0.381 e. The van der Waals surface area contributed by atoms with Gasteiger partial charge >= 0.3 is 0 Å². The molecule has 3 nitrogen and oxygen atoms in total. The number of rotatable bonds is 5. The largest absolute Gasteiger partial charge is 0.381 e. The third-order valence-corrected chi connectivity index (χ3v) is 3.35. The molecule has 1 aliphatic heterocycles. The van der Waals surface area contributed by atoms with Gasteiger partial charge in [-0.3, -0.25) is 0 Å². The molecule has 1 fully saturated rings. The molecular formula is C15H31NO2. The van der Waals surface area contributed by atoms with Gasteiger partial charge in [0.15, 0.2) is 0 Å². The van der Waals surface area contributed by atoms with E-state index in [4.69, 9.17) is 9.47 Å². The Morgan fingerprint density at radius 1 is 1.17 bits per heavy atom. The maximum Gasteiger partial charge on any atom is 0.0598 e. The molecule has 0 saturated carbocycles. The van der Waals surface area contributed by atoms with Gasteiger partial charge in [0, 0.05) is 30.7 Å². The van der Waals surface area contributed by atoms with E-state index in [0.29, 0.717) is 0 Å². The lowest BCUT2D eigenvalue weighted by Gasteiger charge is -2.33. The van der Waals surface area contributed by atoms with Crippen LogP contribution in [0.4, 0.5) is 0 Å². The molecule has 18 heavy (non-hydrogen) atoms. The Morgan fingerprint density at radius 3 is 2.28 bits per heavy atom. The van der Waals surface area contributed by atoms with E-state index < -0.39 is 0 Å². The number of hydrogen-bond acceptors (Lipinski definition) is 3. The standard InChI is InChI=1S/C15H31NO2/c1-13(2,3)16-11-15(7-9-17-12-15)8-10-18-14(4,5)6/h16H,7-12H2,1-6H3. The van der Waals surface area contributed by atoms with Gasteiger partial charge in [0.1, 0.15) is 0 Å². The second-order valence-corrected chi connectivity index (χ2v) is 7.62. The summed E-state index contributed by atoms with van der Waals surface area (Å²) < 4.78 is 11.5. The van der Waals surface area contributed by atoms with Crippen molar-refractivity contribution in [3.63, 3.8) is 0 Å². The minimum atomic E-state index is -0.0435. The molecule has 1 unspecified atom stereocenters. The highest BCUT2D eigenvalue weighted by molar-refractivity contribution is 4.88. The molecule has 0 aromatic heterocycles. The van der Waals surface area contributed by atoms with Crippen LogP contribution in [0.1, 0.15) is 54.4 Å². The molecule has 1 atom stereocenters. The minimum absolute atomic E-state index is 0.0435. The van der Waals surface area contributed by atoms with Gasteiger partial charge in [-0.15, -0.1) is 0 Å². The first-order chi connectivity index (χ1) is 8.12. The molecule has 0 aromatic rings. The predicted molar refractivity (Wildman–Crippen MR) is 75.9 cm³/mol. The third-order valence-electron chi connectivity index (χ3n) is 3.35. The maximum atomic E-state index is 5.86. The summed E-state index contributed by atoms with van der Waals surface area (Å²) in [7, 11) is 0. The fourth-order valence-corrected chi connectivity index (χ4v) is 2.10. The molecule has 1 heterocycles. The highest BCUT2D eigenvalue weighted by Gasteiger charge is 2.35. The summed E-state index contributed by atoms with van der Waals surface area (Å²) in [5.74, 6) is 0. The van der Waals surface area contributed by atoms with Crippen molar-refractivity contribution in [3.8, 4) is 0 Å². The van der Waals surface area contributed by atoms with Crippen LogP contribution in [0.5, 0.6) is 0 Å². The van der Waals surface area contributed by atoms with E-state index in [-0.39, 0.29) is 16.6 Å². The van der Waals surface area contributed by atoms with Crippen LogP contribution in [0.25, 0.3) is 0 Å². The first kappa shape index (κ1) is 15.9. The Morgan fingerprint density at radius 2 is 1.83 bits per heavy atom. The van der Waals surface area contributed by atoms with Gasteiger partial charge in [0.2, 0.25) is 0 Å². The molecule has 0 radical (unpaired) electrons. The van der Waals surface area contributed by atoms with Gasteiger partial charge in [0.05, 0.1) is 12.2 Å². The molecule has 0 bridgehead atoms. The molecule has 1 rings (SSSR count).